The average molecular weight is 297 g/mol. The molecule has 0 aromatic heterocycles. The Kier molecular flexibility index (Phi) is 5.05. The molecular formula is C15H21BrO. The first-order valence-corrected chi connectivity index (χ1v) is 7.66. The Labute approximate surface area is 113 Å². The Bertz CT molecular complexity index is 327. The molecule has 0 aliphatic carbocycles. The fourth-order valence-corrected chi connectivity index (χ4v) is 3.13. The smallest absolute Gasteiger partial charge is 0.0576 e. The summed E-state index contributed by atoms with van der Waals surface area (Å²) in [6.45, 7) is 3.10. The normalized spacial score (nSPS) is 21.6. The Morgan fingerprint density at radius 2 is 2.12 bits per heavy atom. The maximum atomic E-state index is 5.69. The number of aryl methyl sites for hydroxylation is 1. The molecule has 1 saturated heterocycles. The van der Waals surface area contributed by atoms with Gasteiger partial charge in [0.15, 0.2) is 0 Å². The molecule has 1 aliphatic rings. The van der Waals surface area contributed by atoms with Crippen molar-refractivity contribution < 1.29 is 4.74 Å². The second-order valence-corrected chi connectivity index (χ2v) is 5.62. The van der Waals surface area contributed by atoms with Gasteiger partial charge in [-0.25, -0.2) is 0 Å². The van der Waals surface area contributed by atoms with Gasteiger partial charge in [0.1, 0.15) is 0 Å². The zero-order valence-corrected chi connectivity index (χ0v) is 12.1. The Morgan fingerprint density at radius 3 is 2.71 bits per heavy atom. The van der Waals surface area contributed by atoms with Gasteiger partial charge in [-0.2, -0.15) is 0 Å². The van der Waals surface area contributed by atoms with Gasteiger partial charge in [-0.3, -0.25) is 0 Å². The van der Waals surface area contributed by atoms with Crippen molar-refractivity contribution in [3.8, 4) is 0 Å². The van der Waals surface area contributed by atoms with Crippen molar-refractivity contribution in [3.63, 3.8) is 0 Å². The van der Waals surface area contributed by atoms with Crippen molar-refractivity contribution in [2.24, 2.45) is 0 Å². The third kappa shape index (κ3) is 3.82. The first-order chi connectivity index (χ1) is 8.29. The Hall–Kier alpha value is -0.340. The molecule has 94 valence electrons. The van der Waals surface area contributed by atoms with Crippen molar-refractivity contribution in [3.05, 3.63) is 35.4 Å². The number of alkyl halides is 1. The number of halogens is 1. The zero-order valence-electron chi connectivity index (χ0n) is 10.5. The summed E-state index contributed by atoms with van der Waals surface area (Å²) in [7, 11) is 0. The van der Waals surface area contributed by atoms with Gasteiger partial charge in [0, 0.05) is 11.9 Å². The number of rotatable bonds is 5. The van der Waals surface area contributed by atoms with Crippen LogP contribution in [0, 0.1) is 6.92 Å². The largest absolute Gasteiger partial charge is 0.378 e. The Morgan fingerprint density at radius 1 is 1.35 bits per heavy atom. The van der Waals surface area contributed by atoms with Crippen LogP contribution in [0.15, 0.2) is 24.3 Å². The summed E-state index contributed by atoms with van der Waals surface area (Å²) in [4.78, 5) is 0. The van der Waals surface area contributed by atoms with Gasteiger partial charge in [-0.1, -0.05) is 45.8 Å². The summed E-state index contributed by atoms with van der Waals surface area (Å²) in [5, 5.41) is 1.04. The number of benzene rings is 1. The van der Waals surface area contributed by atoms with E-state index in [9.17, 15) is 0 Å². The molecule has 0 radical (unpaired) electrons. The van der Waals surface area contributed by atoms with Gasteiger partial charge >= 0.3 is 0 Å². The van der Waals surface area contributed by atoms with Crippen LogP contribution in [-0.2, 0) is 4.74 Å². The summed E-state index contributed by atoms with van der Waals surface area (Å²) < 4.78 is 5.69. The van der Waals surface area contributed by atoms with Crippen LogP contribution >= 0.6 is 15.9 Å². The van der Waals surface area contributed by atoms with Crippen LogP contribution in [0.5, 0.6) is 0 Å². The van der Waals surface area contributed by atoms with E-state index in [-0.39, 0.29) is 0 Å². The molecule has 0 amide bonds. The fourth-order valence-electron chi connectivity index (χ4n) is 2.43. The van der Waals surface area contributed by atoms with Gasteiger partial charge in [0.25, 0.3) is 0 Å². The second kappa shape index (κ2) is 6.55. The quantitative estimate of drug-likeness (QED) is 0.730. The highest BCUT2D eigenvalue weighted by molar-refractivity contribution is 9.09. The molecule has 1 aliphatic heterocycles. The minimum absolute atomic E-state index is 0.516. The lowest BCUT2D eigenvalue weighted by Crippen LogP contribution is -2.09. The van der Waals surface area contributed by atoms with Crippen LogP contribution < -0.4 is 0 Å². The topological polar surface area (TPSA) is 9.23 Å². The van der Waals surface area contributed by atoms with Gasteiger partial charge in [0.2, 0.25) is 0 Å². The molecule has 0 N–H and O–H groups in total. The summed E-state index contributed by atoms with van der Waals surface area (Å²) in [6.07, 6.45) is 5.43. The second-order valence-electron chi connectivity index (χ2n) is 4.97. The lowest BCUT2D eigenvalue weighted by atomic mass is 9.93. The summed E-state index contributed by atoms with van der Waals surface area (Å²) in [6, 6.07) is 8.93. The monoisotopic (exact) mass is 296 g/mol. The van der Waals surface area contributed by atoms with E-state index < -0.39 is 0 Å². The van der Waals surface area contributed by atoms with Crippen molar-refractivity contribution in [2.45, 2.75) is 44.6 Å². The van der Waals surface area contributed by atoms with Crippen LogP contribution in [0.1, 0.15) is 42.7 Å². The maximum absolute atomic E-state index is 5.69. The third-order valence-electron chi connectivity index (χ3n) is 3.60. The van der Waals surface area contributed by atoms with Crippen LogP contribution in [0.3, 0.4) is 0 Å². The highest BCUT2D eigenvalue weighted by Crippen LogP contribution is 2.27. The predicted molar refractivity (Wildman–Crippen MR) is 75.9 cm³/mol. The fraction of sp³-hybridized carbons (Fsp3) is 0.600. The molecule has 2 unspecified atom stereocenters. The Balaban J connectivity index is 1.89. The SMILES string of the molecule is Cc1ccc(C(CBr)CCC2CCCO2)cc1. The minimum atomic E-state index is 0.516. The molecule has 1 aromatic rings. The van der Waals surface area contributed by atoms with Gasteiger partial charge in [-0.05, 0) is 44.1 Å². The van der Waals surface area contributed by atoms with Crippen LogP contribution in [0.4, 0.5) is 0 Å². The molecule has 1 nitrogen and oxygen atoms in total. The number of hydrogen-bond donors (Lipinski definition) is 0. The average Bonchev–Trinajstić information content (AvgIpc) is 2.85. The molecule has 2 heteroatoms. The predicted octanol–water partition coefficient (Wildman–Crippen LogP) is 4.43. The van der Waals surface area contributed by atoms with Crippen molar-refractivity contribution >= 4 is 15.9 Å². The molecule has 2 rings (SSSR count). The lowest BCUT2D eigenvalue weighted by Gasteiger charge is -2.17. The lowest BCUT2D eigenvalue weighted by molar-refractivity contribution is 0.101. The van der Waals surface area contributed by atoms with Crippen LogP contribution in [0.25, 0.3) is 0 Å². The first-order valence-electron chi connectivity index (χ1n) is 6.53. The minimum Gasteiger partial charge on any atom is -0.378 e. The summed E-state index contributed by atoms with van der Waals surface area (Å²) in [5.74, 6) is 0.625. The molecular weight excluding hydrogens is 276 g/mol. The highest BCUT2D eigenvalue weighted by Gasteiger charge is 2.18. The van der Waals surface area contributed by atoms with Gasteiger partial charge < -0.3 is 4.74 Å². The third-order valence-corrected chi connectivity index (χ3v) is 4.38. The van der Waals surface area contributed by atoms with E-state index in [1.165, 1.54) is 36.8 Å². The van der Waals surface area contributed by atoms with E-state index in [1.807, 2.05) is 0 Å². The van der Waals surface area contributed by atoms with E-state index in [0.29, 0.717) is 12.0 Å². The van der Waals surface area contributed by atoms with Crippen molar-refractivity contribution in [1.29, 1.82) is 0 Å². The maximum Gasteiger partial charge on any atom is 0.0576 e. The number of hydrogen-bond acceptors (Lipinski definition) is 1. The molecule has 1 aromatic carbocycles. The molecule has 0 saturated carbocycles. The number of ether oxygens (including phenoxy) is 1. The van der Waals surface area contributed by atoms with Gasteiger partial charge in [-0.15, -0.1) is 0 Å². The van der Waals surface area contributed by atoms with Gasteiger partial charge in [0.05, 0.1) is 6.10 Å². The zero-order chi connectivity index (χ0) is 12.1. The van der Waals surface area contributed by atoms with E-state index in [1.54, 1.807) is 0 Å². The molecule has 0 bridgehead atoms. The molecule has 1 heterocycles. The molecule has 1 fully saturated rings. The van der Waals surface area contributed by atoms with Crippen molar-refractivity contribution in [1.82, 2.24) is 0 Å². The highest BCUT2D eigenvalue weighted by atomic mass is 79.9. The van der Waals surface area contributed by atoms with Crippen LogP contribution in [-0.4, -0.2) is 18.0 Å². The van der Waals surface area contributed by atoms with E-state index in [2.05, 4.69) is 47.1 Å². The molecule has 17 heavy (non-hydrogen) atoms. The van der Waals surface area contributed by atoms with Crippen LogP contribution in [0.2, 0.25) is 0 Å². The first kappa shape index (κ1) is 13.1. The van der Waals surface area contributed by atoms with Crippen molar-refractivity contribution in [2.75, 3.05) is 11.9 Å². The van der Waals surface area contributed by atoms with E-state index >= 15 is 0 Å². The standard InChI is InChI=1S/C15H21BrO/c1-12-4-6-13(7-5-12)14(11-16)8-9-15-3-2-10-17-15/h4-7,14-15H,2-3,8-11H2,1H3. The molecule has 0 spiro atoms. The summed E-state index contributed by atoms with van der Waals surface area (Å²) in [5.41, 5.74) is 2.78. The molecule has 2 atom stereocenters. The van der Waals surface area contributed by atoms with E-state index in [0.717, 1.165) is 11.9 Å². The van der Waals surface area contributed by atoms with E-state index in [4.69, 9.17) is 4.74 Å². The summed E-state index contributed by atoms with van der Waals surface area (Å²) >= 11 is 3.64.